The molecular weight excluding hydrogens is 282 g/mol. The third-order valence-electron chi connectivity index (χ3n) is 3.59. The van der Waals surface area contributed by atoms with E-state index in [1.807, 2.05) is 41.8 Å². The minimum absolute atomic E-state index is 0.0553. The lowest BCUT2D eigenvalue weighted by Gasteiger charge is -2.32. The van der Waals surface area contributed by atoms with E-state index in [1.165, 1.54) is 0 Å². The van der Waals surface area contributed by atoms with E-state index in [-0.39, 0.29) is 12.5 Å². The first-order chi connectivity index (χ1) is 10.2. The summed E-state index contributed by atoms with van der Waals surface area (Å²) in [6.07, 6.45) is 1.08. The van der Waals surface area contributed by atoms with Crippen molar-refractivity contribution in [2.45, 2.75) is 25.5 Å². The molecule has 0 saturated carbocycles. The molecule has 0 aromatic heterocycles. The van der Waals surface area contributed by atoms with Crippen LogP contribution in [0.25, 0.3) is 0 Å². The highest BCUT2D eigenvalue weighted by Crippen LogP contribution is 2.23. The number of benzene rings is 1. The molecule has 0 spiro atoms. The van der Waals surface area contributed by atoms with Crippen molar-refractivity contribution >= 4 is 17.7 Å². The molecule has 1 aliphatic heterocycles. The molecule has 1 aliphatic rings. The first-order valence-electron chi connectivity index (χ1n) is 7.27. The van der Waals surface area contributed by atoms with Crippen LogP contribution in [0.15, 0.2) is 18.2 Å². The van der Waals surface area contributed by atoms with Gasteiger partial charge in [-0.2, -0.15) is 11.8 Å². The van der Waals surface area contributed by atoms with E-state index < -0.39 is 0 Å². The summed E-state index contributed by atoms with van der Waals surface area (Å²) >= 11 is 1.95. The second kappa shape index (κ2) is 7.53. The number of amides is 1. The van der Waals surface area contributed by atoms with Crippen LogP contribution in [-0.2, 0) is 0 Å². The highest BCUT2D eigenvalue weighted by molar-refractivity contribution is 8.00. The number of carbonyl (C=O) groups excluding carboxylic acids is 1. The van der Waals surface area contributed by atoms with Crippen molar-refractivity contribution in [2.24, 2.45) is 0 Å². The van der Waals surface area contributed by atoms with Crippen molar-refractivity contribution in [1.29, 1.82) is 0 Å². The second-order valence-corrected chi connectivity index (χ2v) is 6.57. The van der Waals surface area contributed by atoms with E-state index in [9.17, 15) is 4.79 Å². The van der Waals surface area contributed by atoms with Gasteiger partial charge in [-0.25, -0.2) is 0 Å². The quantitative estimate of drug-likeness (QED) is 0.852. The van der Waals surface area contributed by atoms with Gasteiger partial charge in [0.2, 0.25) is 0 Å². The van der Waals surface area contributed by atoms with E-state index in [4.69, 9.17) is 5.11 Å². The lowest BCUT2D eigenvalue weighted by molar-refractivity contribution is 0.0760. The number of hydrogen-bond donors (Lipinski definition) is 1. The molecule has 1 fully saturated rings. The lowest BCUT2D eigenvalue weighted by Crippen LogP contribution is -2.42. The summed E-state index contributed by atoms with van der Waals surface area (Å²) in [6, 6.07) is 5.70. The molecule has 1 N–H and O–H groups in total. The van der Waals surface area contributed by atoms with Gasteiger partial charge in [0.1, 0.15) is 6.61 Å². The Bertz CT molecular complexity index is 574. The third-order valence-corrected chi connectivity index (χ3v) is 4.96. The van der Waals surface area contributed by atoms with Crippen molar-refractivity contribution in [3.05, 3.63) is 34.9 Å². The number of thioether (sulfide) groups is 1. The van der Waals surface area contributed by atoms with E-state index in [0.717, 1.165) is 30.8 Å². The topological polar surface area (TPSA) is 40.5 Å². The number of rotatable bonds is 2. The molecule has 1 atom stereocenters. The number of aryl methyl sites for hydroxylation is 1. The van der Waals surface area contributed by atoms with Crippen LogP contribution in [0.3, 0.4) is 0 Å². The predicted molar refractivity (Wildman–Crippen MR) is 87.6 cm³/mol. The molecule has 4 heteroatoms. The van der Waals surface area contributed by atoms with Gasteiger partial charge in [-0.3, -0.25) is 4.79 Å². The second-order valence-electron chi connectivity index (χ2n) is 5.16. The average Bonchev–Trinajstić information content (AvgIpc) is 2.53. The summed E-state index contributed by atoms with van der Waals surface area (Å²) in [6.45, 7) is 5.54. The molecule has 21 heavy (non-hydrogen) atoms. The number of carbonyl (C=O) groups is 1. The molecular formula is C17H21NO2S. The highest BCUT2D eigenvalue weighted by atomic mass is 32.2. The van der Waals surface area contributed by atoms with Crippen LogP contribution in [-0.4, -0.2) is 46.6 Å². The van der Waals surface area contributed by atoms with Gasteiger partial charge in [0, 0.05) is 29.7 Å². The highest BCUT2D eigenvalue weighted by Gasteiger charge is 2.25. The number of aliphatic hydroxyl groups excluding tert-OH is 1. The van der Waals surface area contributed by atoms with Crippen LogP contribution in [0, 0.1) is 18.8 Å². The Morgan fingerprint density at radius 1 is 1.52 bits per heavy atom. The van der Waals surface area contributed by atoms with Crippen molar-refractivity contribution in [2.75, 3.05) is 25.4 Å². The van der Waals surface area contributed by atoms with E-state index in [0.29, 0.717) is 16.4 Å². The maximum Gasteiger partial charge on any atom is 0.255 e. The molecule has 1 unspecified atom stereocenters. The van der Waals surface area contributed by atoms with Crippen molar-refractivity contribution < 1.29 is 9.90 Å². The van der Waals surface area contributed by atoms with Crippen molar-refractivity contribution in [1.82, 2.24) is 4.90 Å². The first-order valence-corrected chi connectivity index (χ1v) is 8.31. The van der Waals surface area contributed by atoms with Crippen LogP contribution < -0.4 is 0 Å². The summed E-state index contributed by atoms with van der Waals surface area (Å²) < 4.78 is 0. The minimum atomic E-state index is -0.195. The smallest absolute Gasteiger partial charge is 0.255 e. The van der Waals surface area contributed by atoms with Crippen LogP contribution in [0.4, 0.5) is 0 Å². The van der Waals surface area contributed by atoms with Gasteiger partial charge in [0.05, 0.1) is 5.56 Å². The normalized spacial score (nSPS) is 18.0. The molecule has 1 amide bonds. The zero-order chi connectivity index (χ0) is 15.2. The third kappa shape index (κ3) is 4.03. The molecule has 112 valence electrons. The Morgan fingerprint density at radius 2 is 2.33 bits per heavy atom. The molecule has 1 heterocycles. The van der Waals surface area contributed by atoms with Gasteiger partial charge < -0.3 is 10.0 Å². The van der Waals surface area contributed by atoms with Crippen LogP contribution in [0.5, 0.6) is 0 Å². The van der Waals surface area contributed by atoms with Crippen molar-refractivity contribution in [3.8, 4) is 11.8 Å². The average molecular weight is 303 g/mol. The summed E-state index contributed by atoms with van der Waals surface area (Å²) in [5.41, 5.74) is 2.40. The molecule has 0 bridgehead atoms. The number of hydrogen-bond acceptors (Lipinski definition) is 3. The lowest BCUT2D eigenvalue weighted by atomic mass is 10.0. The number of aliphatic hydroxyl groups is 1. The minimum Gasteiger partial charge on any atom is -0.384 e. The fourth-order valence-corrected chi connectivity index (χ4v) is 3.58. The Balaban J connectivity index is 2.27. The van der Waals surface area contributed by atoms with Gasteiger partial charge in [0.15, 0.2) is 0 Å². The van der Waals surface area contributed by atoms with Gasteiger partial charge >= 0.3 is 0 Å². The molecule has 0 aliphatic carbocycles. The standard InChI is InChI=1S/C17H21NO2S/c1-3-15-12-18(8-10-21-15)17(20)16-11-13(2)6-7-14(16)5-4-9-19/h6-7,11,15,19H,3,8-10,12H2,1-2H3. The molecule has 1 aromatic carbocycles. The fourth-order valence-electron chi connectivity index (χ4n) is 2.40. The van der Waals surface area contributed by atoms with Gasteiger partial charge in [-0.1, -0.05) is 30.4 Å². The van der Waals surface area contributed by atoms with Crippen molar-refractivity contribution in [3.63, 3.8) is 0 Å². The van der Waals surface area contributed by atoms with E-state index >= 15 is 0 Å². The van der Waals surface area contributed by atoms with Gasteiger partial charge in [0.25, 0.3) is 5.91 Å². The fraction of sp³-hybridized carbons (Fsp3) is 0.471. The van der Waals surface area contributed by atoms with E-state index in [2.05, 4.69) is 18.8 Å². The Hall–Kier alpha value is -1.44. The molecule has 1 saturated heterocycles. The summed E-state index contributed by atoms with van der Waals surface area (Å²) in [5.74, 6) is 6.56. The van der Waals surface area contributed by atoms with Crippen LogP contribution >= 0.6 is 11.8 Å². The number of nitrogens with zero attached hydrogens (tertiary/aromatic N) is 1. The van der Waals surface area contributed by atoms with E-state index in [1.54, 1.807) is 0 Å². The Morgan fingerprint density at radius 3 is 3.05 bits per heavy atom. The molecule has 3 nitrogen and oxygen atoms in total. The van der Waals surface area contributed by atoms with Crippen LogP contribution in [0.1, 0.15) is 34.8 Å². The SMILES string of the molecule is CCC1CN(C(=O)c2cc(C)ccc2C#CCO)CCS1. The summed E-state index contributed by atoms with van der Waals surface area (Å²) in [7, 11) is 0. The summed E-state index contributed by atoms with van der Waals surface area (Å²) in [4.78, 5) is 14.7. The molecule has 2 rings (SSSR count). The largest absolute Gasteiger partial charge is 0.384 e. The summed E-state index contributed by atoms with van der Waals surface area (Å²) in [5, 5.41) is 9.38. The Labute approximate surface area is 130 Å². The molecule has 0 radical (unpaired) electrons. The first kappa shape index (κ1) is 15.9. The zero-order valence-electron chi connectivity index (χ0n) is 12.6. The predicted octanol–water partition coefficient (Wildman–Crippen LogP) is 2.31. The monoisotopic (exact) mass is 303 g/mol. The van der Waals surface area contributed by atoms with Crippen LogP contribution in [0.2, 0.25) is 0 Å². The maximum absolute atomic E-state index is 12.8. The zero-order valence-corrected chi connectivity index (χ0v) is 13.4. The van der Waals surface area contributed by atoms with Gasteiger partial charge in [-0.15, -0.1) is 0 Å². The maximum atomic E-state index is 12.8. The van der Waals surface area contributed by atoms with Gasteiger partial charge in [-0.05, 0) is 25.5 Å². The Kier molecular flexibility index (Phi) is 5.72. The molecule has 1 aromatic rings.